The fourth-order valence-electron chi connectivity index (χ4n) is 2.73. The molecule has 6 heteroatoms. The first-order valence-corrected chi connectivity index (χ1v) is 8.03. The molecular formula is C17H25N3O3. The summed E-state index contributed by atoms with van der Waals surface area (Å²) in [5, 5.41) is 6.59. The van der Waals surface area contributed by atoms with E-state index in [0.29, 0.717) is 19.2 Å². The second kappa shape index (κ2) is 9.15. The Bertz CT molecular complexity index is 516. The number of benzene rings is 1. The summed E-state index contributed by atoms with van der Waals surface area (Å²) in [7, 11) is 1.62. The standard InChI is InChI=1S/C17H25N3O3/c1-3-20-10-4-5-15(20)11-18-17(21)12-19-23-13-14-6-8-16(22-2)9-7-14/h6-9,12,15H,3-5,10-11,13H2,1-2H3,(H,18,21)/b19-12+/t15-/m0/s1. The lowest BCUT2D eigenvalue weighted by Crippen LogP contribution is -2.40. The Labute approximate surface area is 137 Å². The van der Waals surface area contributed by atoms with E-state index in [1.54, 1.807) is 7.11 Å². The molecule has 0 saturated carbocycles. The van der Waals surface area contributed by atoms with Crippen LogP contribution in [0.15, 0.2) is 29.4 Å². The number of hydrogen-bond acceptors (Lipinski definition) is 5. The molecular weight excluding hydrogens is 294 g/mol. The highest BCUT2D eigenvalue weighted by Crippen LogP contribution is 2.15. The lowest BCUT2D eigenvalue weighted by Gasteiger charge is -2.22. The maximum atomic E-state index is 11.7. The largest absolute Gasteiger partial charge is 0.497 e. The molecule has 1 aromatic carbocycles. The summed E-state index contributed by atoms with van der Waals surface area (Å²) in [5.74, 6) is 0.576. The van der Waals surface area contributed by atoms with E-state index in [0.717, 1.165) is 30.8 Å². The number of oxime groups is 1. The number of rotatable bonds is 8. The van der Waals surface area contributed by atoms with Crippen LogP contribution in [0.5, 0.6) is 5.75 Å². The van der Waals surface area contributed by atoms with Gasteiger partial charge in [-0.1, -0.05) is 24.2 Å². The van der Waals surface area contributed by atoms with E-state index in [1.807, 2.05) is 24.3 Å². The number of ether oxygens (including phenoxy) is 1. The van der Waals surface area contributed by atoms with Gasteiger partial charge in [-0.05, 0) is 43.6 Å². The van der Waals surface area contributed by atoms with Crippen molar-refractivity contribution < 1.29 is 14.4 Å². The van der Waals surface area contributed by atoms with Crippen LogP contribution in [0.3, 0.4) is 0 Å². The zero-order chi connectivity index (χ0) is 16.5. The van der Waals surface area contributed by atoms with Crippen molar-refractivity contribution in [2.75, 3.05) is 26.7 Å². The Morgan fingerprint density at radius 3 is 2.91 bits per heavy atom. The molecule has 1 amide bonds. The molecule has 1 aliphatic rings. The Kier molecular flexibility index (Phi) is 6.87. The minimum absolute atomic E-state index is 0.220. The molecule has 0 radical (unpaired) electrons. The van der Waals surface area contributed by atoms with Crippen molar-refractivity contribution in [3.05, 3.63) is 29.8 Å². The lowest BCUT2D eigenvalue weighted by molar-refractivity contribution is -0.114. The van der Waals surface area contributed by atoms with Gasteiger partial charge in [0.05, 0.1) is 7.11 Å². The van der Waals surface area contributed by atoms with Gasteiger partial charge in [0.25, 0.3) is 5.91 Å². The molecule has 0 unspecified atom stereocenters. The van der Waals surface area contributed by atoms with E-state index in [1.165, 1.54) is 12.6 Å². The molecule has 0 spiro atoms. The first-order chi connectivity index (χ1) is 11.2. The molecule has 0 aliphatic carbocycles. The first kappa shape index (κ1) is 17.3. The summed E-state index contributed by atoms with van der Waals surface area (Å²) < 4.78 is 5.08. The van der Waals surface area contributed by atoms with Gasteiger partial charge in [-0.15, -0.1) is 0 Å². The average Bonchev–Trinajstić information content (AvgIpc) is 3.05. The van der Waals surface area contributed by atoms with Crippen molar-refractivity contribution >= 4 is 12.1 Å². The summed E-state index contributed by atoms with van der Waals surface area (Å²) >= 11 is 0. The fourth-order valence-corrected chi connectivity index (χ4v) is 2.73. The molecule has 23 heavy (non-hydrogen) atoms. The van der Waals surface area contributed by atoms with Crippen LogP contribution in [0.2, 0.25) is 0 Å². The topological polar surface area (TPSA) is 63.2 Å². The minimum Gasteiger partial charge on any atom is -0.497 e. The van der Waals surface area contributed by atoms with E-state index in [-0.39, 0.29) is 5.91 Å². The second-order valence-corrected chi connectivity index (χ2v) is 5.53. The first-order valence-electron chi connectivity index (χ1n) is 8.03. The van der Waals surface area contributed by atoms with Gasteiger partial charge in [0.1, 0.15) is 18.6 Å². The number of nitrogens with one attached hydrogen (secondary N) is 1. The monoisotopic (exact) mass is 319 g/mol. The highest BCUT2D eigenvalue weighted by molar-refractivity contribution is 6.26. The summed E-state index contributed by atoms with van der Waals surface area (Å²) in [6.07, 6.45) is 3.53. The van der Waals surface area contributed by atoms with E-state index in [4.69, 9.17) is 9.57 Å². The summed E-state index contributed by atoms with van der Waals surface area (Å²) in [6, 6.07) is 7.95. The van der Waals surface area contributed by atoms with Crippen molar-refractivity contribution in [1.82, 2.24) is 10.2 Å². The van der Waals surface area contributed by atoms with Crippen LogP contribution in [0, 0.1) is 0 Å². The van der Waals surface area contributed by atoms with Crippen LogP contribution in [0.25, 0.3) is 0 Å². The third-order valence-electron chi connectivity index (χ3n) is 4.05. The van der Waals surface area contributed by atoms with E-state index in [2.05, 4.69) is 22.3 Å². The van der Waals surface area contributed by atoms with Gasteiger partial charge in [-0.2, -0.15) is 0 Å². The van der Waals surface area contributed by atoms with Gasteiger partial charge in [0.2, 0.25) is 0 Å². The Balaban J connectivity index is 1.65. The molecule has 1 aromatic rings. The Hall–Kier alpha value is -2.08. The van der Waals surface area contributed by atoms with E-state index >= 15 is 0 Å². The highest BCUT2D eigenvalue weighted by Gasteiger charge is 2.22. The molecule has 126 valence electrons. The highest BCUT2D eigenvalue weighted by atomic mass is 16.6. The second-order valence-electron chi connectivity index (χ2n) is 5.53. The van der Waals surface area contributed by atoms with Crippen molar-refractivity contribution in [2.24, 2.45) is 5.16 Å². The van der Waals surface area contributed by atoms with Gasteiger partial charge in [0, 0.05) is 12.6 Å². The molecule has 1 atom stereocenters. The number of carbonyl (C=O) groups is 1. The van der Waals surface area contributed by atoms with Crippen LogP contribution < -0.4 is 10.1 Å². The Morgan fingerprint density at radius 2 is 2.22 bits per heavy atom. The average molecular weight is 319 g/mol. The van der Waals surface area contributed by atoms with Crippen molar-refractivity contribution in [2.45, 2.75) is 32.4 Å². The molecule has 1 saturated heterocycles. The predicted octanol–water partition coefficient (Wildman–Crippen LogP) is 1.80. The number of methoxy groups -OCH3 is 1. The maximum Gasteiger partial charge on any atom is 0.265 e. The molecule has 1 N–H and O–H groups in total. The molecule has 1 aliphatic heterocycles. The molecule has 1 heterocycles. The fraction of sp³-hybridized carbons (Fsp3) is 0.529. The number of carbonyl (C=O) groups excluding carboxylic acids is 1. The van der Waals surface area contributed by atoms with Crippen LogP contribution in [-0.4, -0.2) is 49.8 Å². The SMILES string of the molecule is CCN1CCC[C@H]1CNC(=O)/C=N/OCc1ccc(OC)cc1. The smallest absolute Gasteiger partial charge is 0.265 e. The normalized spacial score (nSPS) is 18.3. The summed E-state index contributed by atoms with van der Waals surface area (Å²) in [5.41, 5.74) is 0.966. The summed E-state index contributed by atoms with van der Waals surface area (Å²) in [4.78, 5) is 19.2. The van der Waals surface area contributed by atoms with Gasteiger partial charge in [0.15, 0.2) is 0 Å². The van der Waals surface area contributed by atoms with Crippen molar-refractivity contribution in [3.63, 3.8) is 0 Å². The number of amides is 1. The third kappa shape index (κ3) is 5.56. The number of likely N-dealkylation sites (tertiary alicyclic amines) is 1. The summed E-state index contributed by atoms with van der Waals surface area (Å²) in [6.45, 7) is 5.28. The van der Waals surface area contributed by atoms with Crippen LogP contribution >= 0.6 is 0 Å². The van der Waals surface area contributed by atoms with Gasteiger partial charge >= 0.3 is 0 Å². The van der Waals surface area contributed by atoms with Crippen LogP contribution in [-0.2, 0) is 16.2 Å². The number of likely N-dealkylation sites (N-methyl/N-ethyl adjacent to an activating group) is 1. The van der Waals surface area contributed by atoms with Crippen LogP contribution in [0.4, 0.5) is 0 Å². The quantitative estimate of drug-likeness (QED) is 0.586. The Morgan fingerprint density at radius 1 is 1.43 bits per heavy atom. The maximum absolute atomic E-state index is 11.7. The molecule has 1 fully saturated rings. The zero-order valence-corrected chi connectivity index (χ0v) is 13.8. The van der Waals surface area contributed by atoms with E-state index < -0.39 is 0 Å². The van der Waals surface area contributed by atoms with E-state index in [9.17, 15) is 4.79 Å². The molecule has 2 rings (SSSR count). The third-order valence-corrected chi connectivity index (χ3v) is 4.05. The predicted molar refractivity (Wildman–Crippen MR) is 89.6 cm³/mol. The van der Waals surface area contributed by atoms with Gasteiger partial charge in [-0.25, -0.2) is 0 Å². The van der Waals surface area contributed by atoms with Gasteiger partial charge in [-0.3, -0.25) is 9.69 Å². The molecule has 0 aromatic heterocycles. The number of nitrogens with zero attached hydrogens (tertiary/aromatic N) is 2. The number of hydrogen-bond donors (Lipinski definition) is 1. The van der Waals surface area contributed by atoms with Crippen molar-refractivity contribution in [1.29, 1.82) is 0 Å². The molecule has 6 nitrogen and oxygen atoms in total. The lowest BCUT2D eigenvalue weighted by atomic mass is 10.2. The van der Waals surface area contributed by atoms with Gasteiger partial charge < -0.3 is 14.9 Å². The van der Waals surface area contributed by atoms with Crippen molar-refractivity contribution in [3.8, 4) is 5.75 Å². The van der Waals surface area contributed by atoms with Crippen LogP contribution in [0.1, 0.15) is 25.3 Å². The minimum atomic E-state index is -0.220. The molecule has 0 bridgehead atoms. The zero-order valence-electron chi connectivity index (χ0n) is 13.8.